The molecule has 0 saturated carbocycles. The van der Waals surface area contributed by atoms with E-state index in [1.165, 1.54) is 16.5 Å². The van der Waals surface area contributed by atoms with Crippen LogP contribution in [0.3, 0.4) is 0 Å². The van der Waals surface area contributed by atoms with Gasteiger partial charge in [0.1, 0.15) is 0 Å². The van der Waals surface area contributed by atoms with Crippen molar-refractivity contribution in [2.75, 3.05) is 0 Å². The third kappa shape index (κ3) is 6.23. The zero-order valence-corrected chi connectivity index (χ0v) is 37.2. The molecule has 0 aliphatic heterocycles. The molecule has 4 aromatic heterocycles. The molecule has 0 aliphatic rings. The van der Waals surface area contributed by atoms with Gasteiger partial charge in [-0.2, -0.15) is 0 Å². The molecule has 0 spiro atoms. The first-order valence-corrected chi connectivity index (χ1v) is 23.3. The standard InChI is InChI=1S/C63H39N5O/c1-4-16-40(17-5-1)41-28-32-45(33-29-41)67-55-26-14-12-23-48(55)50-36-38-52-53-39-37-51-49-24-13-15-27-56(49)68(58(51)60(53)69-59(52)57(50)67)46-34-30-44(31-35-46)62-64-61(43-20-8-3-9-21-43)65-63(66-62)54-25-11-10-22-47(54)42-18-6-2-7-19-42/h1-39H. The summed E-state index contributed by atoms with van der Waals surface area (Å²) in [7, 11) is 0. The minimum absolute atomic E-state index is 0.601. The number of fused-ring (bicyclic) bond motifs is 11. The number of nitrogens with zero attached hydrogens (tertiary/aromatic N) is 5. The van der Waals surface area contributed by atoms with E-state index in [4.69, 9.17) is 19.4 Å². The maximum Gasteiger partial charge on any atom is 0.164 e. The molecule has 6 nitrogen and oxygen atoms in total. The van der Waals surface area contributed by atoms with Crippen LogP contribution in [-0.4, -0.2) is 24.1 Å². The summed E-state index contributed by atoms with van der Waals surface area (Å²) in [5.41, 5.74) is 15.4. The van der Waals surface area contributed by atoms with Crippen LogP contribution in [0.4, 0.5) is 0 Å². The summed E-state index contributed by atoms with van der Waals surface area (Å²) in [5, 5.41) is 6.76. The van der Waals surface area contributed by atoms with Gasteiger partial charge in [0.25, 0.3) is 0 Å². The van der Waals surface area contributed by atoms with Crippen molar-refractivity contribution >= 4 is 65.6 Å². The van der Waals surface area contributed by atoms with Crippen LogP contribution in [-0.2, 0) is 0 Å². The molecule has 14 rings (SSSR count). The van der Waals surface area contributed by atoms with Gasteiger partial charge in [-0.1, -0.05) is 176 Å². The third-order valence-corrected chi connectivity index (χ3v) is 13.6. The lowest BCUT2D eigenvalue weighted by molar-refractivity contribution is 0.673. The summed E-state index contributed by atoms with van der Waals surface area (Å²) < 4.78 is 12.0. The minimum atomic E-state index is 0.601. The van der Waals surface area contributed by atoms with Crippen LogP contribution in [0.5, 0.6) is 0 Å². The van der Waals surface area contributed by atoms with Gasteiger partial charge in [-0.3, -0.25) is 0 Å². The van der Waals surface area contributed by atoms with E-state index in [1.807, 2.05) is 42.5 Å². The zero-order valence-electron chi connectivity index (χ0n) is 37.2. The number of hydrogen-bond donors (Lipinski definition) is 0. The number of benzene rings is 10. The first-order valence-electron chi connectivity index (χ1n) is 23.3. The van der Waals surface area contributed by atoms with E-state index in [9.17, 15) is 0 Å². The van der Waals surface area contributed by atoms with Gasteiger partial charge in [0.15, 0.2) is 28.6 Å². The first kappa shape index (κ1) is 38.8. The molecule has 14 aromatic rings. The van der Waals surface area contributed by atoms with Crippen molar-refractivity contribution < 1.29 is 4.42 Å². The normalized spacial score (nSPS) is 11.8. The molecule has 0 radical (unpaired) electrons. The van der Waals surface area contributed by atoms with E-state index in [1.54, 1.807) is 0 Å². The number of rotatable bonds is 7. The molecule has 69 heavy (non-hydrogen) atoms. The highest BCUT2D eigenvalue weighted by molar-refractivity contribution is 6.26. The van der Waals surface area contributed by atoms with Gasteiger partial charge < -0.3 is 13.6 Å². The Kier molecular flexibility index (Phi) is 8.79. The first-order chi connectivity index (χ1) is 34.2. The van der Waals surface area contributed by atoms with Gasteiger partial charge in [-0.25, -0.2) is 15.0 Å². The number of para-hydroxylation sites is 2. The second-order valence-electron chi connectivity index (χ2n) is 17.5. The predicted molar refractivity (Wildman–Crippen MR) is 283 cm³/mol. The monoisotopic (exact) mass is 881 g/mol. The second-order valence-corrected chi connectivity index (χ2v) is 17.5. The highest BCUT2D eigenvalue weighted by atomic mass is 16.3. The highest BCUT2D eigenvalue weighted by Crippen LogP contribution is 2.45. The van der Waals surface area contributed by atoms with Crippen molar-refractivity contribution in [1.29, 1.82) is 0 Å². The lowest BCUT2D eigenvalue weighted by atomic mass is 9.99. The minimum Gasteiger partial charge on any atom is -0.452 e. The van der Waals surface area contributed by atoms with Crippen LogP contribution in [0, 0.1) is 0 Å². The second kappa shape index (κ2) is 15.6. The molecule has 0 N–H and O–H groups in total. The summed E-state index contributed by atoms with van der Waals surface area (Å²) in [6, 6.07) is 83.1. The van der Waals surface area contributed by atoms with Crippen molar-refractivity contribution in [3.05, 3.63) is 237 Å². The van der Waals surface area contributed by atoms with Crippen molar-refractivity contribution in [1.82, 2.24) is 24.1 Å². The summed E-state index contributed by atoms with van der Waals surface area (Å²) in [5.74, 6) is 1.84. The van der Waals surface area contributed by atoms with E-state index in [0.29, 0.717) is 17.5 Å². The average Bonchev–Trinajstić information content (AvgIpc) is 4.10. The van der Waals surface area contributed by atoms with Crippen LogP contribution < -0.4 is 0 Å². The molecule has 0 saturated heterocycles. The summed E-state index contributed by atoms with van der Waals surface area (Å²) in [6.07, 6.45) is 0. The summed E-state index contributed by atoms with van der Waals surface area (Å²) in [4.78, 5) is 15.4. The fourth-order valence-electron chi connectivity index (χ4n) is 10.4. The maximum absolute atomic E-state index is 7.33. The van der Waals surface area contributed by atoms with E-state index in [2.05, 4.69) is 203 Å². The van der Waals surface area contributed by atoms with Crippen LogP contribution in [0.15, 0.2) is 241 Å². The Morgan fingerprint density at radius 1 is 0.261 bits per heavy atom. The van der Waals surface area contributed by atoms with E-state index >= 15 is 0 Å². The van der Waals surface area contributed by atoms with Gasteiger partial charge in [0.2, 0.25) is 0 Å². The van der Waals surface area contributed by atoms with Gasteiger partial charge in [-0.05, 0) is 82.9 Å². The molecule has 0 unspecified atom stereocenters. The Balaban J connectivity index is 0.949. The Bertz CT molecular complexity index is 4270. The predicted octanol–water partition coefficient (Wildman–Crippen LogP) is 16.3. The fraction of sp³-hybridized carbons (Fsp3) is 0. The number of aromatic nitrogens is 5. The van der Waals surface area contributed by atoms with E-state index in [-0.39, 0.29) is 0 Å². The Morgan fingerprint density at radius 3 is 1.17 bits per heavy atom. The molecular weight excluding hydrogens is 843 g/mol. The zero-order chi connectivity index (χ0) is 45.4. The molecule has 0 atom stereocenters. The van der Waals surface area contributed by atoms with E-state index in [0.717, 1.165) is 99.4 Å². The average molecular weight is 882 g/mol. The quantitative estimate of drug-likeness (QED) is 0.160. The van der Waals surface area contributed by atoms with Gasteiger partial charge in [-0.15, -0.1) is 0 Å². The van der Waals surface area contributed by atoms with Gasteiger partial charge in [0, 0.05) is 60.4 Å². The molecule has 4 heterocycles. The van der Waals surface area contributed by atoms with E-state index < -0.39 is 0 Å². The SMILES string of the molecule is c1ccc(-c2ccc(-n3c4ccccc4c4ccc5c6ccc7c8ccccc8n(-c8ccc(-c9nc(-c%10ccccc%10)nc(-c%10ccccc%10-c%10ccccc%10)n9)cc8)c7c6oc5c43)cc2)cc1. The Labute approximate surface area is 396 Å². The van der Waals surface area contributed by atoms with Crippen LogP contribution in [0.25, 0.3) is 133 Å². The third-order valence-electron chi connectivity index (χ3n) is 13.6. The topological polar surface area (TPSA) is 61.7 Å². The summed E-state index contributed by atoms with van der Waals surface area (Å²) in [6.45, 7) is 0. The molecule has 0 amide bonds. The van der Waals surface area contributed by atoms with Crippen molar-refractivity contribution in [2.24, 2.45) is 0 Å². The molecular formula is C63H39N5O. The largest absolute Gasteiger partial charge is 0.452 e. The van der Waals surface area contributed by atoms with Crippen LogP contribution >= 0.6 is 0 Å². The Hall–Kier alpha value is -9.39. The molecule has 0 bridgehead atoms. The van der Waals surface area contributed by atoms with Crippen molar-refractivity contribution in [3.63, 3.8) is 0 Å². The van der Waals surface area contributed by atoms with Crippen LogP contribution in [0.2, 0.25) is 0 Å². The van der Waals surface area contributed by atoms with Crippen LogP contribution in [0.1, 0.15) is 0 Å². The molecule has 322 valence electrons. The lowest BCUT2D eigenvalue weighted by Crippen LogP contribution is -2.01. The molecule has 0 fully saturated rings. The number of furan rings is 1. The molecule has 10 aromatic carbocycles. The van der Waals surface area contributed by atoms with Gasteiger partial charge >= 0.3 is 0 Å². The highest BCUT2D eigenvalue weighted by Gasteiger charge is 2.23. The lowest BCUT2D eigenvalue weighted by Gasteiger charge is -2.13. The van der Waals surface area contributed by atoms with Gasteiger partial charge in [0.05, 0.1) is 22.1 Å². The van der Waals surface area contributed by atoms with Crippen molar-refractivity contribution in [3.8, 4) is 67.8 Å². The van der Waals surface area contributed by atoms with Crippen molar-refractivity contribution in [2.45, 2.75) is 0 Å². The molecule has 6 heteroatoms. The molecule has 0 aliphatic carbocycles. The number of hydrogen-bond acceptors (Lipinski definition) is 4. The maximum atomic E-state index is 7.33. The fourth-order valence-corrected chi connectivity index (χ4v) is 10.4. The summed E-state index contributed by atoms with van der Waals surface area (Å²) >= 11 is 0. The Morgan fingerprint density at radius 2 is 0.638 bits per heavy atom. The smallest absolute Gasteiger partial charge is 0.164 e.